The minimum Gasteiger partial charge on any atom is -0.492 e. The monoisotopic (exact) mass is 219 g/mol. The lowest BCUT2D eigenvalue weighted by Gasteiger charge is -2.11. The molecule has 16 heavy (non-hydrogen) atoms. The number of anilines is 1. The smallest absolute Gasteiger partial charge is 0.244 e. The Kier molecular flexibility index (Phi) is 1.73. The molecule has 82 valence electrons. The summed E-state index contributed by atoms with van der Waals surface area (Å²) < 4.78 is 7.06. The van der Waals surface area contributed by atoms with Crippen molar-refractivity contribution in [2.24, 2.45) is 0 Å². The summed E-state index contributed by atoms with van der Waals surface area (Å²) in [4.78, 5) is 11.7. The molecule has 2 aromatic rings. The van der Waals surface area contributed by atoms with Gasteiger partial charge in [0.05, 0.1) is 6.26 Å². The number of imidazole rings is 1. The van der Waals surface area contributed by atoms with Crippen LogP contribution in [0.1, 0.15) is 12.6 Å². The zero-order valence-corrected chi connectivity index (χ0v) is 8.24. The molecule has 7 nitrogen and oxygen atoms in total. The first-order valence-corrected chi connectivity index (χ1v) is 4.75. The van der Waals surface area contributed by atoms with Gasteiger partial charge in [-0.3, -0.25) is 4.57 Å². The molecule has 0 amide bonds. The summed E-state index contributed by atoms with van der Waals surface area (Å²) in [5.74, 6) is -0.204. The average Bonchev–Trinajstić information content (AvgIpc) is 2.83. The van der Waals surface area contributed by atoms with Crippen molar-refractivity contribution in [1.82, 2.24) is 19.5 Å². The Morgan fingerprint density at radius 1 is 1.50 bits per heavy atom. The van der Waals surface area contributed by atoms with Crippen molar-refractivity contribution in [2.45, 2.75) is 12.6 Å². The number of nitrogens with zero attached hydrogens (tertiary/aromatic N) is 4. The lowest BCUT2D eigenvalue weighted by molar-refractivity contribution is 0.108. The molecule has 0 saturated heterocycles. The zero-order chi connectivity index (χ0) is 11.1. The highest BCUT2D eigenvalue weighted by molar-refractivity contribution is 5.77. The summed E-state index contributed by atoms with van der Waals surface area (Å²) in [6.07, 6.45) is 5.63. The summed E-state index contributed by atoms with van der Waals surface area (Å²) >= 11 is 0. The van der Waals surface area contributed by atoms with Crippen molar-refractivity contribution in [1.29, 1.82) is 0 Å². The van der Waals surface area contributed by atoms with Crippen LogP contribution in [0.5, 0.6) is 5.88 Å². The molecule has 1 atom stereocenters. The Bertz CT molecular complexity index is 569. The van der Waals surface area contributed by atoms with Crippen molar-refractivity contribution in [3.05, 3.63) is 18.7 Å². The first-order valence-electron chi connectivity index (χ1n) is 4.75. The van der Waals surface area contributed by atoms with Crippen molar-refractivity contribution >= 4 is 17.1 Å². The van der Waals surface area contributed by atoms with Crippen LogP contribution in [-0.4, -0.2) is 24.6 Å². The molecule has 3 rings (SSSR count). The standard InChI is InChI=1S/C9H9N5O2/c10-9-12-7-6(8(15)13-9)11-4-14(7)5-2-1-3-16-5/h1,3-5H,2H2,(H3,10,12,13,15). The van der Waals surface area contributed by atoms with Gasteiger partial charge in [-0.1, -0.05) is 0 Å². The van der Waals surface area contributed by atoms with E-state index in [0.717, 1.165) is 6.42 Å². The number of nitrogens with two attached hydrogens (primary N) is 1. The number of hydrogen-bond acceptors (Lipinski definition) is 6. The lowest BCUT2D eigenvalue weighted by atomic mass is 10.4. The van der Waals surface area contributed by atoms with Crippen LogP contribution in [0, 0.1) is 0 Å². The third-order valence-corrected chi connectivity index (χ3v) is 2.40. The van der Waals surface area contributed by atoms with Gasteiger partial charge in [0.1, 0.15) is 6.33 Å². The fraction of sp³-hybridized carbons (Fsp3) is 0.222. The summed E-state index contributed by atoms with van der Waals surface area (Å²) in [6.45, 7) is 0. The van der Waals surface area contributed by atoms with E-state index in [2.05, 4.69) is 15.0 Å². The topological polar surface area (TPSA) is 99.1 Å². The second-order valence-corrected chi connectivity index (χ2v) is 3.43. The van der Waals surface area contributed by atoms with E-state index in [1.54, 1.807) is 17.2 Å². The number of ether oxygens (including phenoxy) is 1. The van der Waals surface area contributed by atoms with Crippen LogP contribution in [0.3, 0.4) is 0 Å². The van der Waals surface area contributed by atoms with Crippen LogP contribution in [0.2, 0.25) is 0 Å². The van der Waals surface area contributed by atoms with Crippen molar-refractivity contribution in [2.75, 3.05) is 5.73 Å². The van der Waals surface area contributed by atoms with E-state index in [-0.39, 0.29) is 18.1 Å². The molecule has 0 fully saturated rings. The zero-order valence-electron chi connectivity index (χ0n) is 8.24. The number of hydrogen-bond donors (Lipinski definition) is 2. The Morgan fingerprint density at radius 3 is 3.12 bits per heavy atom. The van der Waals surface area contributed by atoms with Gasteiger partial charge in [-0.15, -0.1) is 0 Å². The predicted molar refractivity (Wildman–Crippen MR) is 55.3 cm³/mol. The molecule has 0 spiro atoms. The lowest BCUT2D eigenvalue weighted by Crippen LogP contribution is -2.07. The molecule has 1 unspecified atom stereocenters. The number of fused-ring (bicyclic) bond motifs is 1. The van der Waals surface area contributed by atoms with Gasteiger partial charge in [-0.05, 0) is 6.08 Å². The van der Waals surface area contributed by atoms with Gasteiger partial charge in [0.15, 0.2) is 17.4 Å². The van der Waals surface area contributed by atoms with Gasteiger partial charge in [-0.2, -0.15) is 9.97 Å². The molecular formula is C9H9N5O2. The quantitative estimate of drug-likeness (QED) is 0.726. The molecule has 3 heterocycles. The third kappa shape index (κ3) is 1.18. The summed E-state index contributed by atoms with van der Waals surface area (Å²) in [7, 11) is 0. The first-order chi connectivity index (χ1) is 7.75. The van der Waals surface area contributed by atoms with Crippen LogP contribution >= 0.6 is 0 Å². The average molecular weight is 219 g/mol. The van der Waals surface area contributed by atoms with E-state index >= 15 is 0 Å². The van der Waals surface area contributed by atoms with Gasteiger partial charge in [-0.25, -0.2) is 4.98 Å². The highest BCUT2D eigenvalue weighted by Gasteiger charge is 2.19. The molecule has 0 aliphatic carbocycles. The summed E-state index contributed by atoms with van der Waals surface area (Å²) in [5, 5.41) is 9.54. The largest absolute Gasteiger partial charge is 0.492 e. The number of aromatic hydroxyl groups is 1. The van der Waals surface area contributed by atoms with E-state index < -0.39 is 0 Å². The highest BCUT2D eigenvalue weighted by Crippen LogP contribution is 2.27. The van der Waals surface area contributed by atoms with Crippen molar-refractivity contribution in [3.63, 3.8) is 0 Å². The van der Waals surface area contributed by atoms with E-state index in [1.807, 2.05) is 6.08 Å². The first kappa shape index (κ1) is 8.96. The number of aromatic nitrogens is 4. The molecule has 1 aliphatic rings. The SMILES string of the molecule is Nc1nc(O)c2ncn(C3CC=CO3)c2n1. The molecule has 1 aliphatic heterocycles. The minimum atomic E-state index is -0.216. The molecule has 0 bridgehead atoms. The second kappa shape index (κ2) is 3.09. The Labute approximate surface area is 90.2 Å². The number of rotatable bonds is 1. The van der Waals surface area contributed by atoms with Crippen LogP contribution in [0.15, 0.2) is 18.7 Å². The fourth-order valence-corrected chi connectivity index (χ4v) is 1.68. The van der Waals surface area contributed by atoms with E-state index in [0.29, 0.717) is 11.2 Å². The van der Waals surface area contributed by atoms with Crippen LogP contribution in [0.25, 0.3) is 11.2 Å². The maximum atomic E-state index is 9.54. The third-order valence-electron chi connectivity index (χ3n) is 2.40. The van der Waals surface area contributed by atoms with Gasteiger partial charge < -0.3 is 15.6 Å². The Balaban J connectivity index is 2.18. The molecule has 7 heteroatoms. The van der Waals surface area contributed by atoms with Gasteiger partial charge in [0.2, 0.25) is 11.8 Å². The van der Waals surface area contributed by atoms with E-state index in [1.165, 1.54) is 0 Å². The van der Waals surface area contributed by atoms with Crippen molar-refractivity contribution < 1.29 is 9.84 Å². The number of nitrogen functional groups attached to an aromatic ring is 1. The minimum absolute atomic E-state index is 0.0118. The predicted octanol–water partition coefficient (Wildman–Crippen LogP) is 0.547. The maximum Gasteiger partial charge on any atom is 0.244 e. The van der Waals surface area contributed by atoms with Gasteiger partial charge in [0.25, 0.3) is 0 Å². The maximum absolute atomic E-state index is 9.54. The van der Waals surface area contributed by atoms with Crippen LogP contribution < -0.4 is 5.73 Å². The highest BCUT2D eigenvalue weighted by atomic mass is 16.5. The van der Waals surface area contributed by atoms with Gasteiger partial charge in [0, 0.05) is 6.42 Å². The van der Waals surface area contributed by atoms with Crippen LogP contribution in [-0.2, 0) is 4.74 Å². The second-order valence-electron chi connectivity index (χ2n) is 3.43. The molecule has 0 radical (unpaired) electrons. The van der Waals surface area contributed by atoms with Crippen LogP contribution in [0.4, 0.5) is 5.95 Å². The Morgan fingerprint density at radius 2 is 2.38 bits per heavy atom. The van der Waals surface area contributed by atoms with E-state index in [9.17, 15) is 5.11 Å². The normalized spacial score (nSPS) is 19.1. The van der Waals surface area contributed by atoms with Crippen molar-refractivity contribution in [3.8, 4) is 5.88 Å². The summed E-state index contributed by atoms with van der Waals surface area (Å²) in [5.41, 5.74) is 6.27. The molecular weight excluding hydrogens is 210 g/mol. The molecule has 2 aromatic heterocycles. The Hall–Kier alpha value is -2.31. The fourth-order valence-electron chi connectivity index (χ4n) is 1.68. The molecule has 3 N–H and O–H groups in total. The van der Waals surface area contributed by atoms with E-state index in [4.69, 9.17) is 10.5 Å². The molecule has 0 aromatic carbocycles. The molecule has 0 saturated carbocycles. The summed E-state index contributed by atoms with van der Waals surface area (Å²) in [6, 6.07) is 0. The van der Waals surface area contributed by atoms with Gasteiger partial charge >= 0.3 is 0 Å².